The molecule has 0 bridgehead atoms. The number of ether oxygens (including phenoxy) is 1. The van der Waals surface area contributed by atoms with E-state index >= 15 is 0 Å². The van der Waals surface area contributed by atoms with Gasteiger partial charge in [-0.25, -0.2) is 0 Å². The maximum Gasteiger partial charge on any atom is 0.191 e. The molecule has 2 rings (SSSR count). The lowest BCUT2D eigenvalue weighted by Gasteiger charge is -2.38. The van der Waals surface area contributed by atoms with Crippen molar-refractivity contribution in [3.8, 4) is 0 Å². The summed E-state index contributed by atoms with van der Waals surface area (Å²) < 4.78 is 5.27. The van der Waals surface area contributed by atoms with E-state index in [1.54, 1.807) is 0 Å². The molecule has 2 saturated heterocycles. The Bertz CT molecular complexity index is 341. The minimum absolute atomic E-state index is 0.279. The Balaban J connectivity index is 1.57. The Morgan fingerprint density at radius 1 is 1.33 bits per heavy atom. The first kappa shape index (κ1) is 16.6. The molecule has 2 aliphatic heterocycles. The van der Waals surface area contributed by atoms with Crippen LogP contribution in [0.5, 0.6) is 0 Å². The van der Waals surface area contributed by atoms with Crippen molar-refractivity contribution in [2.45, 2.75) is 45.6 Å². The Kier molecular flexibility index (Phi) is 6.30. The van der Waals surface area contributed by atoms with Crippen LogP contribution >= 0.6 is 0 Å². The zero-order chi connectivity index (χ0) is 15.1. The summed E-state index contributed by atoms with van der Waals surface area (Å²) >= 11 is 0. The molecule has 0 amide bonds. The maximum absolute atomic E-state index is 5.27. The second kappa shape index (κ2) is 7.99. The van der Waals surface area contributed by atoms with Gasteiger partial charge in [-0.2, -0.15) is 0 Å². The summed E-state index contributed by atoms with van der Waals surface area (Å²) in [4.78, 5) is 6.91. The number of nitrogens with one attached hydrogen (secondary N) is 2. The van der Waals surface area contributed by atoms with Gasteiger partial charge < -0.3 is 20.3 Å². The lowest BCUT2D eigenvalue weighted by Crippen LogP contribution is -2.51. The van der Waals surface area contributed by atoms with Gasteiger partial charge in [-0.05, 0) is 32.7 Å². The molecule has 0 aromatic rings. The van der Waals surface area contributed by atoms with Crippen molar-refractivity contribution in [1.82, 2.24) is 15.5 Å². The Labute approximate surface area is 129 Å². The molecule has 21 heavy (non-hydrogen) atoms. The molecule has 2 heterocycles. The molecule has 0 aromatic carbocycles. The van der Waals surface area contributed by atoms with Crippen molar-refractivity contribution < 1.29 is 4.74 Å². The second-order valence-corrected chi connectivity index (χ2v) is 6.89. The summed E-state index contributed by atoms with van der Waals surface area (Å²) in [5.41, 5.74) is 0.279. The van der Waals surface area contributed by atoms with Crippen LogP contribution in [0.4, 0.5) is 0 Å². The van der Waals surface area contributed by atoms with E-state index in [9.17, 15) is 0 Å². The van der Waals surface area contributed by atoms with Gasteiger partial charge in [0.15, 0.2) is 5.96 Å². The number of guanidine groups is 1. The highest BCUT2D eigenvalue weighted by molar-refractivity contribution is 5.79. The van der Waals surface area contributed by atoms with Gasteiger partial charge in [-0.3, -0.25) is 4.99 Å². The van der Waals surface area contributed by atoms with Crippen LogP contribution in [0.2, 0.25) is 0 Å². The third kappa shape index (κ3) is 5.15. The van der Waals surface area contributed by atoms with Crippen LogP contribution in [-0.2, 0) is 4.74 Å². The molecule has 0 aliphatic carbocycles. The van der Waals surface area contributed by atoms with E-state index in [2.05, 4.69) is 34.4 Å². The molecule has 2 N–H and O–H groups in total. The number of rotatable bonds is 6. The average molecular weight is 296 g/mol. The highest BCUT2D eigenvalue weighted by atomic mass is 16.5. The predicted molar refractivity (Wildman–Crippen MR) is 87.8 cm³/mol. The summed E-state index contributed by atoms with van der Waals surface area (Å²) in [6, 6.07) is 0.759. The summed E-state index contributed by atoms with van der Waals surface area (Å²) in [7, 11) is 1.83. The first-order valence-corrected chi connectivity index (χ1v) is 8.39. The molecule has 5 heteroatoms. The van der Waals surface area contributed by atoms with Gasteiger partial charge in [0.2, 0.25) is 0 Å². The lowest BCUT2D eigenvalue weighted by molar-refractivity contribution is -0.0971. The van der Waals surface area contributed by atoms with E-state index in [1.807, 2.05) is 7.05 Å². The SMILES string of the molecule is CN=C(NCCCN1CCCCC1C)NCC1(C)COC1. The number of hydrogen-bond donors (Lipinski definition) is 2. The van der Waals surface area contributed by atoms with Crippen molar-refractivity contribution in [2.75, 3.05) is 46.4 Å². The van der Waals surface area contributed by atoms with Crippen molar-refractivity contribution in [2.24, 2.45) is 10.4 Å². The molecule has 0 radical (unpaired) electrons. The topological polar surface area (TPSA) is 48.9 Å². The largest absolute Gasteiger partial charge is 0.380 e. The summed E-state index contributed by atoms with van der Waals surface area (Å²) in [6.45, 7) is 10.7. The van der Waals surface area contributed by atoms with Gasteiger partial charge in [0.25, 0.3) is 0 Å². The Morgan fingerprint density at radius 2 is 2.14 bits per heavy atom. The highest BCUT2D eigenvalue weighted by Gasteiger charge is 2.33. The van der Waals surface area contributed by atoms with E-state index < -0.39 is 0 Å². The fourth-order valence-electron chi connectivity index (χ4n) is 3.05. The molecule has 0 aromatic heterocycles. The van der Waals surface area contributed by atoms with Crippen LogP contribution in [0.1, 0.15) is 39.5 Å². The van der Waals surface area contributed by atoms with Gasteiger partial charge >= 0.3 is 0 Å². The Morgan fingerprint density at radius 3 is 2.76 bits per heavy atom. The lowest BCUT2D eigenvalue weighted by atomic mass is 9.89. The van der Waals surface area contributed by atoms with E-state index in [0.717, 1.165) is 38.3 Å². The van der Waals surface area contributed by atoms with Crippen molar-refractivity contribution >= 4 is 5.96 Å². The molecule has 0 spiro atoms. The number of piperidine rings is 1. The fraction of sp³-hybridized carbons (Fsp3) is 0.938. The third-order valence-corrected chi connectivity index (χ3v) is 4.66. The highest BCUT2D eigenvalue weighted by Crippen LogP contribution is 2.24. The monoisotopic (exact) mass is 296 g/mol. The van der Waals surface area contributed by atoms with Crippen LogP contribution in [0, 0.1) is 5.41 Å². The minimum atomic E-state index is 0.279. The molecule has 1 atom stereocenters. The quantitative estimate of drug-likeness (QED) is 0.442. The number of hydrogen-bond acceptors (Lipinski definition) is 3. The smallest absolute Gasteiger partial charge is 0.191 e. The minimum Gasteiger partial charge on any atom is -0.380 e. The third-order valence-electron chi connectivity index (χ3n) is 4.66. The molecular formula is C16H32N4O. The van der Waals surface area contributed by atoms with Gasteiger partial charge in [0, 0.05) is 38.1 Å². The van der Waals surface area contributed by atoms with E-state index in [0.29, 0.717) is 0 Å². The zero-order valence-electron chi connectivity index (χ0n) is 14.0. The Hall–Kier alpha value is -0.810. The molecule has 1 unspecified atom stereocenters. The predicted octanol–water partition coefficient (Wildman–Crippen LogP) is 1.45. The van der Waals surface area contributed by atoms with Crippen LogP contribution in [-0.4, -0.2) is 63.3 Å². The van der Waals surface area contributed by atoms with Gasteiger partial charge in [-0.1, -0.05) is 13.3 Å². The van der Waals surface area contributed by atoms with Crippen molar-refractivity contribution in [3.63, 3.8) is 0 Å². The van der Waals surface area contributed by atoms with Gasteiger partial charge in [0.05, 0.1) is 13.2 Å². The average Bonchev–Trinajstić information content (AvgIpc) is 2.46. The maximum atomic E-state index is 5.27. The summed E-state index contributed by atoms with van der Waals surface area (Å²) in [5, 5.41) is 6.82. The molecule has 5 nitrogen and oxygen atoms in total. The van der Waals surface area contributed by atoms with Crippen LogP contribution in [0.15, 0.2) is 4.99 Å². The van der Waals surface area contributed by atoms with Crippen LogP contribution in [0.25, 0.3) is 0 Å². The van der Waals surface area contributed by atoms with E-state index in [4.69, 9.17) is 4.74 Å². The summed E-state index contributed by atoms with van der Waals surface area (Å²) in [6.07, 6.45) is 5.29. The van der Waals surface area contributed by atoms with Gasteiger partial charge in [-0.15, -0.1) is 0 Å². The van der Waals surface area contributed by atoms with Crippen LogP contribution in [0.3, 0.4) is 0 Å². The summed E-state index contributed by atoms with van der Waals surface area (Å²) in [5.74, 6) is 0.912. The first-order valence-electron chi connectivity index (χ1n) is 8.39. The number of nitrogens with zero attached hydrogens (tertiary/aromatic N) is 2. The molecule has 2 fully saturated rings. The van der Waals surface area contributed by atoms with Gasteiger partial charge in [0.1, 0.15) is 0 Å². The molecular weight excluding hydrogens is 264 g/mol. The number of aliphatic imine (C=N–C) groups is 1. The van der Waals surface area contributed by atoms with E-state index in [-0.39, 0.29) is 5.41 Å². The zero-order valence-corrected chi connectivity index (χ0v) is 14.0. The molecule has 0 saturated carbocycles. The first-order chi connectivity index (χ1) is 10.1. The standard InChI is InChI=1S/C16H32N4O/c1-14-7-4-5-9-20(14)10-6-8-18-15(17-3)19-11-16(2)12-21-13-16/h14H,4-13H2,1-3H3,(H2,17,18,19). The molecule has 2 aliphatic rings. The number of likely N-dealkylation sites (tertiary alicyclic amines) is 1. The van der Waals surface area contributed by atoms with Crippen molar-refractivity contribution in [1.29, 1.82) is 0 Å². The van der Waals surface area contributed by atoms with Crippen molar-refractivity contribution in [3.05, 3.63) is 0 Å². The normalized spacial score (nSPS) is 26.2. The van der Waals surface area contributed by atoms with E-state index in [1.165, 1.54) is 38.8 Å². The second-order valence-electron chi connectivity index (χ2n) is 6.89. The van der Waals surface area contributed by atoms with Crippen LogP contribution < -0.4 is 10.6 Å². The molecule has 122 valence electrons. The fourth-order valence-corrected chi connectivity index (χ4v) is 3.05.